The fourth-order valence-electron chi connectivity index (χ4n) is 2.36. The van der Waals surface area contributed by atoms with Crippen LogP contribution in [0.1, 0.15) is 17.0 Å². The second kappa shape index (κ2) is 5.48. The van der Waals surface area contributed by atoms with Crippen LogP contribution in [0.4, 0.5) is 5.82 Å². The third-order valence-corrected chi connectivity index (χ3v) is 4.26. The summed E-state index contributed by atoms with van der Waals surface area (Å²) in [6.07, 6.45) is 0. The molecule has 3 rings (SSSR count). The lowest BCUT2D eigenvalue weighted by Crippen LogP contribution is -2.18. The van der Waals surface area contributed by atoms with Gasteiger partial charge in [0.2, 0.25) is 0 Å². The van der Waals surface area contributed by atoms with Crippen LogP contribution < -0.4 is 4.90 Å². The largest absolute Gasteiger partial charge is 0.361 e. The van der Waals surface area contributed by atoms with E-state index in [0.717, 1.165) is 44.8 Å². The van der Waals surface area contributed by atoms with Crippen molar-refractivity contribution in [1.82, 2.24) is 10.1 Å². The maximum atomic E-state index is 5.22. The van der Waals surface area contributed by atoms with Gasteiger partial charge in [-0.3, -0.25) is 0 Å². The number of halogens is 1. The van der Waals surface area contributed by atoms with Gasteiger partial charge in [-0.2, -0.15) is 0 Å². The first-order valence-electron chi connectivity index (χ1n) is 6.74. The van der Waals surface area contributed by atoms with E-state index in [0.29, 0.717) is 0 Å². The molecule has 3 aromatic rings. The maximum absolute atomic E-state index is 5.22. The Morgan fingerprint density at radius 3 is 2.71 bits per heavy atom. The number of nitrogens with zero attached hydrogens (tertiary/aromatic N) is 3. The molecule has 0 spiro atoms. The van der Waals surface area contributed by atoms with Gasteiger partial charge in [0.05, 0.1) is 11.2 Å². The fourth-order valence-corrected chi connectivity index (χ4v) is 2.83. The SMILES string of the molecule is Cc1noc(C)c1CN(C)c1ccc2cccc(Br)c2n1. The van der Waals surface area contributed by atoms with Crippen LogP contribution in [-0.4, -0.2) is 17.2 Å². The number of hydrogen-bond donors (Lipinski definition) is 0. The van der Waals surface area contributed by atoms with Gasteiger partial charge in [0.15, 0.2) is 0 Å². The molecule has 0 unspecified atom stereocenters. The van der Waals surface area contributed by atoms with E-state index < -0.39 is 0 Å². The first kappa shape index (κ1) is 14.1. The van der Waals surface area contributed by atoms with Crippen molar-refractivity contribution in [2.45, 2.75) is 20.4 Å². The summed E-state index contributed by atoms with van der Waals surface area (Å²) < 4.78 is 6.22. The van der Waals surface area contributed by atoms with E-state index in [9.17, 15) is 0 Å². The highest BCUT2D eigenvalue weighted by Crippen LogP contribution is 2.25. The standard InChI is InChI=1S/C16H16BrN3O/c1-10-13(11(2)21-19-10)9-20(3)15-8-7-12-5-4-6-14(17)16(12)18-15/h4-8H,9H2,1-3H3. The van der Waals surface area contributed by atoms with Crippen LogP contribution in [0.15, 0.2) is 39.3 Å². The predicted molar refractivity (Wildman–Crippen MR) is 87.5 cm³/mol. The van der Waals surface area contributed by atoms with Gasteiger partial charge in [-0.15, -0.1) is 0 Å². The van der Waals surface area contributed by atoms with Gasteiger partial charge in [-0.25, -0.2) is 4.98 Å². The van der Waals surface area contributed by atoms with Crippen molar-refractivity contribution in [3.8, 4) is 0 Å². The number of hydrogen-bond acceptors (Lipinski definition) is 4. The molecule has 108 valence electrons. The van der Waals surface area contributed by atoms with Crippen molar-refractivity contribution in [2.24, 2.45) is 0 Å². The molecule has 0 aliphatic rings. The Hall–Kier alpha value is -1.88. The molecule has 0 atom stereocenters. The lowest BCUT2D eigenvalue weighted by atomic mass is 10.2. The smallest absolute Gasteiger partial charge is 0.138 e. The van der Waals surface area contributed by atoms with Crippen molar-refractivity contribution in [1.29, 1.82) is 0 Å². The molecule has 0 N–H and O–H groups in total. The van der Waals surface area contributed by atoms with Gasteiger partial charge in [-0.1, -0.05) is 17.3 Å². The van der Waals surface area contributed by atoms with Crippen LogP contribution in [0.5, 0.6) is 0 Å². The van der Waals surface area contributed by atoms with Gasteiger partial charge in [0, 0.05) is 29.0 Å². The molecule has 2 heterocycles. The lowest BCUT2D eigenvalue weighted by molar-refractivity contribution is 0.392. The Labute approximate surface area is 131 Å². The Bertz CT molecular complexity index is 778. The van der Waals surface area contributed by atoms with E-state index in [2.05, 4.69) is 38.1 Å². The van der Waals surface area contributed by atoms with Crippen LogP contribution in [-0.2, 0) is 6.54 Å². The fraction of sp³-hybridized carbons (Fsp3) is 0.250. The van der Waals surface area contributed by atoms with Crippen LogP contribution in [0.3, 0.4) is 0 Å². The van der Waals surface area contributed by atoms with Gasteiger partial charge in [0.25, 0.3) is 0 Å². The molecular formula is C16H16BrN3O. The molecule has 0 fully saturated rings. The summed E-state index contributed by atoms with van der Waals surface area (Å²) in [5, 5.41) is 5.12. The molecule has 0 bridgehead atoms. The summed E-state index contributed by atoms with van der Waals surface area (Å²) in [6.45, 7) is 4.63. The highest BCUT2D eigenvalue weighted by Gasteiger charge is 2.13. The molecule has 0 radical (unpaired) electrons. The van der Waals surface area contributed by atoms with Crippen molar-refractivity contribution in [3.05, 3.63) is 51.8 Å². The summed E-state index contributed by atoms with van der Waals surface area (Å²) in [5.41, 5.74) is 3.02. The highest BCUT2D eigenvalue weighted by atomic mass is 79.9. The van der Waals surface area contributed by atoms with Gasteiger partial charge < -0.3 is 9.42 Å². The number of fused-ring (bicyclic) bond motifs is 1. The number of rotatable bonds is 3. The minimum absolute atomic E-state index is 0.726. The molecule has 2 aromatic heterocycles. The Balaban J connectivity index is 1.95. The van der Waals surface area contributed by atoms with Crippen molar-refractivity contribution in [2.75, 3.05) is 11.9 Å². The highest BCUT2D eigenvalue weighted by molar-refractivity contribution is 9.10. The minimum Gasteiger partial charge on any atom is -0.361 e. The normalized spacial score (nSPS) is 11.0. The van der Waals surface area contributed by atoms with E-state index in [4.69, 9.17) is 9.51 Å². The van der Waals surface area contributed by atoms with Crippen molar-refractivity contribution < 1.29 is 4.52 Å². The first-order chi connectivity index (χ1) is 10.1. The van der Waals surface area contributed by atoms with Crippen molar-refractivity contribution >= 4 is 32.7 Å². The molecule has 0 aliphatic carbocycles. The average molecular weight is 346 g/mol. The molecule has 21 heavy (non-hydrogen) atoms. The van der Waals surface area contributed by atoms with Crippen LogP contribution >= 0.6 is 15.9 Å². The summed E-state index contributed by atoms with van der Waals surface area (Å²) in [6, 6.07) is 10.2. The maximum Gasteiger partial charge on any atom is 0.138 e. The number of aryl methyl sites for hydroxylation is 2. The average Bonchev–Trinajstić information content (AvgIpc) is 2.79. The topological polar surface area (TPSA) is 42.2 Å². The molecule has 0 amide bonds. The third kappa shape index (κ3) is 2.65. The molecular weight excluding hydrogens is 330 g/mol. The van der Waals surface area contributed by atoms with Gasteiger partial charge in [-0.05, 0) is 48.0 Å². The summed E-state index contributed by atoms with van der Waals surface area (Å²) in [7, 11) is 2.02. The third-order valence-electron chi connectivity index (χ3n) is 3.62. The van der Waals surface area contributed by atoms with Crippen LogP contribution in [0.2, 0.25) is 0 Å². The summed E-state index contributed by atoms with van der Waals surface area (Å²) in [5.74, 6) is 1.79. The van der Waals surface area contributed by atoms with E-state index in [1.165, 1.54) is 0 Å². The first-order valence-corrected chi connectivity index (χ1v) is 7.53. The number of para-hydroxylation sites is 1. The zero-order valence-corrected chi connectivity index (χ0v) is 13.8. The predicted octanol–water partition coefficient (Wildman–Crippen LogP) is 4.24. The Kier molecular flexibility index (Phi) is 3.68. The van der Waals surface area contributed by atoms with Gasteiger partial charge >= 0.3 is 0 Å². The number of pyridine rings is 1. The van der Waals surface area contributed by atoms with Gasteiger partial charge in [0.1, 0.15) is 11.6 Å². The Morgan fingerprint density at radius 2 is 2.00 bits per heavy atom. The molecule has 5 heteroatoms. The zero-order chi connectivity index (χ0) is 15.0. The molecule has 0 saturated heterocycles. The summed E-state index contributed by atoms with van der Waals surface area (Å²) in [4.78, 5) is 6.85. The number of benzene rings is 1. The van der Waals surface area contributed by atoms with Crippen LogP contribution in [0.25, 0.3) is 10.9 Å². The zero-order valence-electron chi connectivity index (χ0n) is 12.2. The molecule has 1 aromatic carbocycles. The molecule has 4 nitrogen and oxygen atoms in total. The molecule has 0 aliphatic heterocycles. The monoisotopic (exact) mass is 345 g/mol. The van der Waals surface area contributed by atoms with E-state index in [1.54, 1.807) is 0 Å². The Morgan fingerprint density at radius 1 is 1.19 bits per heavy atom. The molecule has 0 saturated carbocycles. The van der Waals surface area contributed by atoms with E-state index in [1.807, 2.05) is 39.1 Å². The van der Waals surface area contributed by atoms with Crippen molar-refractivity contribution in [3.63, 3.8) is 0 Å². The van der Waals surface area contributed by atoms with E-state index in [-0.39, 0.29) is 0 Å². The van der Waals surface area contributed by atoms with E-state index >= 15 is 0 Å². The second-order valence-electron chi connectivity index (χ2n) is 5.14. The second-order valence-corrected chi connectivity index (χ2v) is 5.99. The van der Waals surface area contributed by atoms with Crippen LogP contribution in [0, 0.1) is 13.8 Å². The summed E-state index contributed by atoms with van der Waals surface area (Å²) >= 11 is 3.56. The quantitative estimate of drug-likeness (QED) is 0.711. The number of aromatic nitrogens is 2. The number of anilines is 1. The minimum atomic E-state index is 0.726. The lowest BCUT2D eigenvalue weighted by Gasteiger charge is -2.18.